The fraction of sp³-hybridized carbons (Fsp3) is 0.0625. The van der Waals surface area contributed by atoms with E-state index in [0.29, 0.717) is 5.82 Å². The number of rotatable bonds is 3. The Balaban J connectivity index is 1.53. The maximum atomic E-state index is 11.8. The second kappa shape index (κ2) is 6.00. The standard InChI is InChI=1S/C16H15N3O2/c20-16(21-11-12-6-2-1-3-7-12)19-15-10-17-13-8-4-5-9-14(13)18-15/h1-10,17-18H,11H2,(H,19,20). The van der Waals surface area contributed by atoms with Crippen LogP contribution < -0.4 is 16.0 Å². The van der Waals surface area contributed by atoms with E-state index in [1.807, 2.05) is 54.6 Å². The number of amides is 1. The Bertz CT molecular complexity index is 668. The molecule has 0 saturated carbocycles. The molecule has 2 aromatic rings. The van der Waals surface area contributed by atoms with E-state index < -0.39 is 6.09 Å². The summed E-state index contributed by atoms with van der Waals surface area (Å²) in [5, 5.41) is 8.87. The number of hydrogen-bond donors (Lipinski definition) is 3. The second-order valence-electron chi connectivity index (χ2n) is 4.56. The van der Waals surface area contributed by atoms with Crippen molar-refractivity contribution in [1.29, 1.82) is 0 Å². The van der Waals surface area contributed by atoms with Crippen molar-refractivity contribution in [2.75, 3.05) is 10.6 Å². The molecule has 3 rings (SSSR count). The van der Waals surface area contributed by atoms with Crippen LogP contribution in [0.3, 0.4) is 0 Å². The summed E-state index contributed by atoms with van der Waals surface area (Å²) in [7, 11) is 0. The summed E-state index contributed by atoms with van der Waals surface area (Å²) in [5.74, 6) is 0.548. The lowest BCUT2D eigenvalue weighted by atomic mass is 10.2. The fourth-order valence-corrected chi connectivity index (χ4v) is 1.99. The molecule has 21 heavy (non-hydrogen) atoms. The summed E-state index contributed by atoms with van der Waals surface area (Å²) >= 11 is 0. The van der Waals surface area contributed by atoms with Gasteiger partial charge in [-0.05, 0) is 17.7 Å². The quantitative estimate of drug-likeness (QED) is 0.808. The first-order valence-corrected chi connectivity index (χ1v) is 6.62. The third-order valence-electron chi connectivity index (χ3n) is 3.02. The third-order valence-corrected chi connectivity index (χ3v) is 3.02. The van der Waals surface area contributed by atoms with Crippen LogP contribution in [0, 0.1) is 0 Å². The molecule has 106 valence electrons. The number of carbonyl (C=O) groups is 1. The van der Waals surface area contributed by atoms with Crippen molar-refractivity contribution >= 4 is 17.5 Å². The van der Waals surface area contributed by atoms with E-state index in [9.17, 15) is 4.79 Å². The van der Waals surface area contributed by atoms with Gasteiger partial charge in [-0.15, -0.1) is 0 Å². The summed E-state index contributed by atoms with van der Waals surface area (Å²) < 4.78 is 5.16. The van der Waals surface area contributed by atoms with Gasteiger partial charge in [-0.25, -0.2) is 4.79 Å². The van der Waals surface area contributed by atoms with E-state index in [0.717, 1.165) is 16.9 Å². The molecule has 0 aliphatic carbocycles. The van der Waals surface area contributed by atoms with E-state index in [4.69, 9.17) is 4.74 Å². The van der Waals surface area contributed by atoms with Crippen LogP contribution in [0.15, 0.2) is 66.6 Å². The number of fused-ring (bicyclic) bond motifs is 1. The lowest BCUT2D eigenvalue weighted by molar-refractivity contribution is 0.142. The van der Waals surface area contributed by atoms with Gasteiger partial charge in [0.05, 0.1) is 11.4 Å². The van der Waals surface area contributed by atoms with Crippen LogP contribution in [-0.2, 0) is 11.3 Å². The molecule has 0 atom stereocenters. The second-order valence-corrected chi connectivity index (χ2v) is 4.56. The molecule has 1 aliphatic heterocycles. The molecule has 0 spiro atoms. The van der Waals surface area contributed by atoms with Crippen LogP contribution in [0.4, 0.5) is 16.2 Å². The molecular weight excluding hydrogens is 266 g/mol. The molecule has 2 aromatic carbocycles. The van der Waals surface area contributed by atoms with Crippen molar-refractivity contribution in [3.63, 3.8) is 0 Å². The number of hydrogen-bond acceptors (Lipinski definition) is 4. The zero-order valence-corrected chi connectivity index (χ0v) is 11.3. The van der Waals surface area contributed by atoms with Crippen molar-refractivity contribution in [1.82, 2.24) is 5.32 Å². The lowest BCUT2D eigenvalue weighted by Crippen LogP contribution is -2.29. The molecule has 0 fully saturated rings. The van der Waals surface area contributed by atoms with Crippen LogP contribution in [0.5, 0.6) is 0 Å². The first-order chi connectivity index (χ1) is 10.3. The summed E-state index contributed by atoms with van der Waals surface area (Å²) in [6.07, 6.45) is 1.19. The van der Waals surface area contributed by atoms with Gasteiger partial charge in [0.15, 0.2) is 0 Å². The Hall–Kier alpha value is -2.95. The zero-order chi connectivity index (χ0) is 14.5. The van der Waals surface area contributed by atoms with Crippen LogP contribution >= 0.6 is 0 Å². The minimum Gasteiger partial charge on any atom is -0.444 e. The number of para-hydroxylation sites is 2. The van der Waals surface area contributed by atoms with Gasteiger partial charge in [0, 0.05) is 6.20 Å². The number of anilines is 2. The topological polar surface area (TPSA) is 62.4 Å². The van der Waals surface area contributed by atoms with Gasteiger partial charge in [0.2, 0.25) is 0 Å². The average Bonchev–Trinajstić information content (AvgIpc) is 2.54. The van der Waals surface area contributed by atoms with Crippen LogP contribution in [0.1, 0.15) is 5.56 Å². The molecule has 1 amide bonds. The number of nitrogens with one attached hydrogen (secondary N) is 3. The Kier molecular flexibility index (Phi) is 3.73. The fourth-order valence-electron chi connectivity index (χ4n) is 1.99. The van der Waals surface area contributed by atoms with Gasteiger partial charge in [-0.3, -0.25) is 5.32 Å². The summed E-state index contributed by atoms with van der Waals surface area (Å²) in [6.45, 7) is 0.240. The molecule has 0 aromatic heterocycles. The SMILES string of the molecule is O=C(NC1=CNc2ccccc2N1)OCc1ccccc1. The van der Waals surface area contributed by atoms with Crippen molar-refractivity contribution in [3.8, 4) is 0 Å². The molecule has 1 heterocycles. The van der Waals surface area contributed by atoms with Gasteiger partial charge >= 0.3 is 6.09 Å². The summed E-state index contributed by atoms with van der Waals surface area (Å²) in [6, 6.07) is 17.3. The maximum Gasteiger partial charge on any atom is 0.413 e. The molecule has 0 unspecified atom stereocenters. The number of carbonyl (C=O) groups excluding carboxylic acids is 1. The van der Waals surface area contributed by atoms with Crippen molar-refractivity contribution in [2.24, 2.45) is 0 Å². The smallest absolute Gasteiger partial charge is 0.413 e. The minimum absolute atomic E-state index is 0.240. The summed E-state index contributed by atoms with van der Waals surface area (Å²) in [5.41, 5.74) is 2.81. The molecule has 0 radical (unpaired) electrons. The largest absolute Gasteiger partial charge is 0.444 e. The van der Waals surface area contributed by atoms with Crippen LogP contribution in [-0.4, -0.2) is 6.09 Å². The monoisotopic (exact) mass is 281 g/mol. The maximum absolute atomic E-state index is 11.8. The van der Waals surface area contributed by atoms with E-state index >= 15 is 0 Å². The predicted octanol–water partition coefficient (Wildman–Crippen LogP) is 3.25. The first-order valence-electron chi connectivity index (χ1n) is 6.62. The highest BCUT2D eigenvalue weighted by Gasteiger charge is 2.12. The van der Waals surface area contributed by atoms with E-state index in [-0.39, 0.29) is 6.61 Å². The van der Waals surface area contributed by atoms with Crippen LogP contribution in [0.2, 0.25) is 0 Å². The van der Waals surface area contributed by atoms with Crippen LogP contribution in [0.25, 0.3) is 0 Å². The molecule has 0 bridgehead atoms. The zero-order valence-electron chi connectivity index (χ0n) is 11.3. The molecule has 0 saturated heterocycles. The van der Waals surface area contributed by atoms with Crippen molar-refractivity contribution < 1.29 is 9.53 Å². The molecule has 3 N–H and O–H groups in total. The molecule has 1 aliphatic rings. The number of alkyl carbamates (subject to hydrolysis) is 1. The highest BCUT2D eigenvalue weighted by molar-refractivity contribution is 5.77. The summed E-state index contributed by atoms with van der Waals surface area (Å²) in [4.78, 5) is 11.8. The minimum atomic E-state index is -0.501. The van der Waals surface area contributed by atoms with Crippen molar-refractivity contribution in [2.45, 2.75) is 6.61 Å². The van der Waals surface area contributed by atoms with E-state index in [2.05, 4.69) is 16.0 Å². The van der Waals surface area contributed by atoms with E-state index in [1.165, 1.54) is 0 Å². The number of ether oxygens (including phenoxy) is 1. The molecule has 5 nitrogen and oxygen atoms in total. The van der Waals surface area contributed by atoms with Gasteiger partial charge in [0.25, 0.3) is 0 Å². The Labute approximate surface area is 122 Å². The lowest BCUT2D eigenvalue weighted by Gasteiger charge is -2.20. The van der Waals surface area contributed by atoms with Gasteiger partial charge in [0.1, 0.15) is 12.4 Å². The Morgan fingerprint density at radius 3 is 2.52 bits per heavy atom. The Morgan fingerprint density at radius 1 is 1.00 bits per heavy atom. The predicted molar refractivity (Wildman–Crippen MR) is 81.5 cm³/mol. The average molecular weight is 281 g/mol. The molecular formula is C16H15N3O2. The highest BCUT2D eigenvalue weighted by Crippen LogP contribution is 2.25. The van der Waals surface area contributed by atoms with E-state index in [1.54, 1.807) is 6.20 Å². The van der Waals surface area contributed by atoms with Gasteiger partial charge in [-0.2, -0.15) is 0 Å². The van der Waals surface area contributed by atoms with Gasteiger partial charge in [-0.1, -0.05) is 42.5 Å². The first kappa shape index (κ1) is 13.1. The van der Waals surface area contributed by atoms with Gasteiger partial charge < -0.3 is 15.4 Å². The normalized spacial score (nSPS) is 12.3. The molecule has 5 heteroatoms. The Morgan fingerprint density at radius 2 is 1.71 bits per heavy atom. The number of benzene rings is 2. The van der Waals surface area contributed by atoms with Crippen molar-refractivity contribution in [3.05, 3.63) is 72.2 Å². The highest BCUT2D eigenvalue weighted by atomic mass is 16.5. The third kappa shape index (κ3) is 3.33.